The van der Waals surface area contributed by atoms with Crippen LogP contribution in [-0.2, 0) is 0 Å². The van der Waals surface area contributed by atoms with Gasteiger partial charge >= 0.3 is 6.36 Å². The van der Waals surface area contributed by atoms with E-state index in [0.29, 0.717) is 23.0 Å². The van der Waals surface area contributed by atoms with E-state index >= 15 is 0 Å². The lowest BCUT2D eigenvalue weighted by Crippen LogP contribution is -2.17. The lowest BCUT2D eigenvalue weighted by molar-refractivity contribution is -0.274. The summed E-state index contributed by atoms with van der Waals surface area (Å²) in [6, 6.07) is 14.9. The maximum absolute atomic E-state index is 12.6. The number of nitrogens with zero attached hydrogens (tertiary/aromatic N) is 2. The summed E-state index contributed by atoms with van der Waals surface area (Å²) in [7, 11) is 0. The highest BCUT2D eigenvalue weighted by Gasteiger charge is 2.31. The lowest BCUT2D eigenvalue weighted by atomic mass is 10.1. The molecule has 0 bridgehead atoms. The van der Waals surface area contributed by atoms with E-state index in [1.54, 1.807) is 12.1 Å². The molecule has 0 amide bonds. The van der Waals surface area contributed by atoms with Gasteiger partial charge in [-0.3, -0.25) is 0 Å². The van der Waals surface area contributed by atoms with Gasteiger partial charge in [0.25, 0.3) is 0 Å². The van der Waals surface area contributed by atoms with Crippen LogP contribution in [0.1, 0.15) is 13.8 Å². The zero-order valence-corrected chi connectivity index (χ0v) is 17.2. The Hall–Kier alpha value is -2.81. The summed E-state index contributed by atoms with van der Waals surface area (Å²) in [5.41, 5.74) is 1.72. The molecule has 152 valence electrons. The highest BCUT2D eigenvalue weighted by atomic mass is 79.9. The fourth-order valence-corrected chi connectivity index (χ4v) is 2.95. The fourth-order valence-electron chi connectivity index (χ4n) is 2.55. The van der Waals surface area contributed by atoms with Gasteiger partial charge in [-0.05, 0) is 44.2 Å². The molecule has 29 heavy (non-hydrogen) atoms. The van der Waals surface area contributed by atoms with Gasteiger partial charge in [0.15, 0.2) is 0 Å². The molecule has 0 spiro atoms. The van der Waals surface area contributed by atoms with E-state index < -0.39 is 6.36 Å². The maximum atomic E-state index is 12.6. The molecule has 0 atom stereocenters. The number of anilines is 3. The van der Waals surface area contributed by atoms with Gasteiger partial charge in [0, 0.05) is 27.8 Å². The third-order valence-corrected chi connectivity index (χ3v) is 4.10. The number of hydrogen-bond acceptors (Lipinski definition) is 5. The van der Waals surface area contributed by atoms with Crippen LogP contribution in [0.25, 0.3) is 11.3 Å². The lowest BCUT2D eigenvalue weighted by Gasteiger charge is -2.14. The van der Waals surface area contributed by atoms with Gasteiger partial charge in [-0.1, -0.05) is 34.1 Å². The van der Waals surface area contributed by atoms with Crippen molar-refractivity contribution in [3.63, 3.8) is 0 Å². The molecule has 0 aliphatic heterocycles. The predicted octanol–water partition coefficient (Wildman–Crippen LogP) is 6.37. The molecule has 0 aliphatic carbocycles. The van der Waals surface area contributed by atoms with Crippen molar-refractivity contribution >= 4 is 33.4 Å². The normalized spacial score (nSPS) is 11.4. The molecule has 2 aromatic carbocycles. The van der Waals surface area contributed by atoms with Crippen LogP contribution in [0.2, 0.25) is 0 Å². The minimum absolute atomic E-state index is 0.0730. The van der Waals surface area contributed by atoms with Crippen LogP contribution >= 0.6 is 15.9 Å². The van der Waals surface area contributed by atoms with E-state index in [4.69, 9.17) is 0 Å². The number of hydrogen-bond donors (Lipinski definition) is 2. The average Bonchev–Trinajstić information content (AvgIpc) is 2.59. The summed E-state index contributed by atoms with van der Waals surface area (Å²) in [6.45, 7) is 3.88. The SMILES string of the molecule is CC(C)Nc1nc(Nc2cccc(Br)c2)cc(-c2cccc(OC(F)(F)F)c2)n1. The Morgan fingerprint density at radius 3 is 2.45 bits per heavy atom. The fraction of sp³-hybridized carbons (Fsp3) is 0.200. The molecular weight excluding hydrogens is 449 g/mol. The van der Waals surface area contributed by atoms with Crippen molar-refractivity contribution in [2.24, 2.45) is 0 Å². The Balaban J connectivity index is 1.98. The van der Waals surface area contributed by atoms with Crippen LogP contribution in [0, 0.1) is 0 Å². The molecule has 0 radical (unpaired) electrons. The first-order valence-electron chi connectivity index (χ1n) is 8.72. The summed E-state index contributed by atoms with van der Waals surface area (Å²) in [5, 5.41) is 6.31. The summed E-state index contributed by atoms with van der Waals surface area (Å²) >= 11 is 3.41. The molecule has 1 aromatic heterocycles. The number of halogens is 4. The van der Waals surface area contributed by atoms with E-state index in [-0.39, 0.29) is 11.8 Å². The van der Waals surface area contributed by atoms with Crippen LogP contribution in [0.4, 0.5) is 30.6 Å². The minimum atomic E-state index is -4.76. The van der Waals surface area contributed by atoms with Gasteiger partial charge in [0.1, 0.15) is 11.6 Å². The van der Waals surface area contributed by atoms with Crippen LogP contribution < -0.4 is 15.4 Å². The maximum Gasteiger partial charge on any atom is 0.573 e. The van der Waals surface area contributed by atoms with E-state index in [1.165, 1.54) is 18.2 Å². The van der Waals surface area contributed by atoms with Crippen LogP contribution in [-0.4, -0.2) is 22.4 Å². The van der Waals surface area contributed by atoms with Crippen molar-refractivity contribution in [1.82, 2.24) is 9.97 Å². The summed E-state index contributed by atoms with van der Waals surface area (Å²) < 4.78 is 42.6. The van der Waals surface area contributed by atoms with Crippen LogP contribution in [0.15, 0.2) is 59.1 Å². The zero-order chi connectivity index (χ0) is 21.0. The quantitative estimate of drug-likeness (QED) is 0.441. The zero-order valence-electron chi connectivity index (χ0n) is 15.6. The molecule has 0 unspecified atom stereocenters. The molecular formula is C20H18BrF3N4O. The second-order valence-corrected chi connectivity index (χ2v) is 7.39. The van der Waals surface area contributed by atoms with Gasteiger partial charge in [0.2, 0.25) is 5.95 Å². The molecule has 0 saturated carbocycles. The predicted molar refractivity (Wildman–Crippen MR) is 110 cm³/mol. The number of rotatable bonds is 6. The molecule has 3 rings (SSSR count). The Bertz CT molecular complexity index is 995. The van der Waals surface area contributed by atoms with Gasteiger partial charge < -0.3 is 15.4 Å². The Kier molecular flexibility index (Phi) is 6.26. The molecule has 9 heteroatoms. The second-order valence-electron chi connectivity index (χ2n) is 6.47. The highest BCUT2D eigenvalue weighted by molar-refractivity contribution is 9.10. The first kappa shape index (κ1) is 20.9. The van der Waals surface area contributed by atoms with Gasteiger partial charge in [-0.15, -0.1) is 13.2 Å². The van der Waals surface area contributed by atoms with E-state index in [9.17, 15) is 13.2 Å². The third-order valence-electron chi connectivity index (χ3n) is 3.60. The summed E-state index contributed by atoms with van der Waals surface area (Å²) in [6.07, 6.45) is -4.76. The third kappa shape index (κ3) is 6.35. The van der Waals surface area contributed by atoms with Gasteiger partial charge in [-0.25, -0.2) is 4.98 Å². The molecule has 0 aliphatic rings. The van der Waals surface area contributed by atoms with Crippen molar-refractivity contribution in [2.75, 3.05) is 10.6 Å². The van der Waals surface area contributed by atoms with Crippen molar-refractivity contribution in [2.45, 2.75) is 26.3 Å². The largest absolute Gasteiger partial charge is 0.573 e. The minimum Gasteiger partial charge on any atom is -0.406 e. The Labute approximate surface area is 174 Å². The summed E-state index contributed by atoms with van der Waals surface area (Å²) in [5.74, 6) is 0.545. The molecule has 0 fully saturated rings. The average molecular weight is 467 g/mol. The van der Waals surface area contributed by atoms with Gasteiger partial charge in [0.05, 0.1) is 5.69 Å². The summed E-state index contributed by atoms with van der Waals surface area (Å²) in [4.78, 5) is 8.88. The topological polar surface area (TPSA) is 59.1 Å². The molecule has 2 N–H and O–H groups in total. The van der Waals surface area contributed by atoms with E-state index in [1.807, 2.05) is 38.1 Å². The molecule has 1 heterocycles. The first-order valence-corrected chi connectivity index (χ1v) is 9.52. The number of nitrogens with one attached hydrogen (secondary N) is 2. The monoisotopic (exact) mass is 466 g/mol. The van der Waals surface area contributed by atoms with E-state index in [2.05, 4.69) is 41.3 Å². The highest BCUT2D eigenvalue weighted by Crippen LogP contribution is 2.29. The first-order chi connectivity index (χ1) is 13.7. The van der Waals surface area contributed by atoms with Crippen molar-refractivity contribution in [3.8, 4) is 17.0 Å². The number of aromatic nitrogens is 2. The number of ether oxygens (including phenoxy) is 1. The van der Waals surface area contributed by atoms with Crippen LogP contribution in [0.3, 0.4) is 0 Å². The van der Waals surface area contributed by atoms with Crippen molar-refractivity contribution < 1.29 is 17.9 Å². The number of benzene rings is 2. The Morgan fingerprint density at radius 2 is 1.76 bits per heavy atom. The molecule has 3 aromatic rings. The standard InChI is InChI=1S/C20H18BrF3N4O/c1-12(2)25-19-27-17(13-5-3-8-16(9-13)29-20(22,23)24)11-18(28-19)26-15-7-4-6-14(21)10-15/h3-12H,1-2H3,(H2,25,26,27,28). The van der Waals surface area contributed by atoms with Crippen LogP contribution in [0.5, 0.6) is 5.75 Å². The van der Waals surface area contributed by atoms with E-state index in [0.717, 1.165) is 10.2 Å². The van der Waals surface area contributed by atoms with Gasteiger partial charge in [-0.2, -0.15) is 4.98 Å². The smallest absolute Gasteiger partial charge is 0.406 e. The molecule has 5 nitrogen and oxygen atoms in total. The Morgan fingerprint density at radius 1 is 1.00 bits per heavy atom. The van der Waals surface area contributed by atoms with Crippen molar-refractivity contribution in [3.05, 3.63) is 59.1 Å². The number of alkyl halides is 3. The second kappa shape index (κ2) is 8.69. The van der Waals surface area contributed by atoms with Crippen molar-refractivity contribution in [1.29, 1.82) is 0 Å². The molecule has 0 saturated heterocycles.